The van der Waals surface area contributed by atoms with Crippen LogP contribution in [0.1, 0.15) is 40.9 Å². The number of rotatable bonds is 7. The van der Waals surface area contributed by atoms with Gasteiger partial charge in [0.15, 0.2) is 0 Å². The van der Waals surface area contributed by atoms with Gasteiger partial charge in [0.1, 0.15) is 0 Å². The first kappa shape index (κ1) is 19.4. The Hall–Kier alpha value is -2.37. The van der Waals surface area contributed by atoms with Crippen LogP contribution in [0.5, 0.6) is 0 Å². The topological polar surface area (TPSA) is 69.8 Å². The van der Waals surface area contributed by atoms with Crippen molar-refractivity contribution in [2.45, 2.75) is 31.9 Å². The maximum atomic E-state index is 11.5. The predicted molar refractivity (Wildman–Crippen MR) is 109 cm³/mol. The largest absolute Gasteiger partial charge is 0.392 e. The smallest absolute Gasteiger partial charge is 0.248 e. The number of benzene rings is 2. The Morgan fingerprint density at radius 3 is 2.63 bits per heavy atom. The first-order valence-corrected chi connectivity index (χ1v) is 9.60. The molecule has 0 saturated carbocycles. The Bertz CT molecular complexity index is 778. The maximum Gasteiger partial charge on any atom is 0.248 e. The number of nitrogens with two attached hydrogens (primary N) is 1. The molecule has 2 aromatic carbocycles. The molecule has 0 bridgehead atoms. The van der Waals surface area contributed by atoms with Crippen molar-refractivity contribution in [1.29, 1.82) is 0 Å². The number of hydrogen-bond donors (Lipinski definition) is 2. The number of likely N-dealkylation sites (N-methyl/N-ethyl adjacent to an activating group) is 1. The second kappa shape index (κ2) is 8.55. The van der Waals surface area contributed by atoms with Gasteiger partial charge in [0.05, 0.1) is 12.1 Å². The summed E-state index contributed by atoms with van der Waals surface area (Å²) in [6, 6.07) is 16.3. The number of anilines is 1. The summed E-state index contributed by atoms with van der Waals surface area (Å²) >= 11 is 0. The van der Waals surface area contributed by atoms with E-state index in [1.807, 2.05) is 18.2 Å². The maximum absolute atomic E-state index is 11.5. The molecule has 144 valence electrons. The molecule has 5 heteroatoms. The zero-order chi connectivity index (χ0) is 19.4. The number of amides is 1. The van der Waals surface area contributed by atoms with Crippen LogP contribution in [0.15, 0.2) is 48.5 Å². The lowest BCUT2D eigenvalue weighted by Gasteiger charge is -2.35. The highest BCUT2D eigenvalue weighted by Crippen LogP contribution is 2.31. The minimum atomic E-state index is -0.399. The van der Waals surface area contributed by atoms with E-state index >= 15 is 0 Å². The Balaban J connectivity index is 1.92. The van der Waals surface area contributed by atoms with Gasteiger partial charge >= 0.3 is 0 Å². The summed E-state index contributed by atoms with van der Waals surface area (Å²) in [6.07, 6.45) is 1.43. The van der Waals surface area contributed by atoms with Crippen LogP contribution in [0.4, 0.5) is 5.69 Å². The van der Waals surface area contributed by atoms with Crippen molar-refractivity contribution in [3.8, 4) is 0 Å². The van der Waals surface area contributed by atoms with Crippen LogP contribution in [0.25, 0.3) is 0 Å². The van der Waals surface area contributed by atoms with Crippen molar-refractivity contribution in [1.82, 2.24) is 4.90 Å². The molecular formula is C22H29N3O2. The van der Waals surface area contributed by atoms with Gasteiger partial charge in [0.2, 0.25) is 5.91 Å². The van der Waals surface area contributed by atoms with E-state index in [0.717, 1.165) is 43.7 Å². The van der Waals surface area contributed by atoms with Gasteiger partial charge < -0.3 is 15.7 Å². The number of hydrogen-bond acceptors (Lipinski definition) is 4. The molecule has 1 fully saturated rings. The fourth-order valence-electron chi connectivity index (χ4n) is 3.88. The molecule has 0 spiro atoms. The standard InChI is InChI=1S/C22H29N3O2/c1-3-16-13-18(22(23)27)9-10-20(16)24(2)21(17-7-5-4-6-8-17)15-25-12-11-19(26)14-25/h4-10,13,19,21,26H,3,11-12,14-15H2,1-2H3,(H2,23,27). The molecule has 2 aromatic rings. The van der Waals surface area contributed by atoms with E-state index in [-0.39, 0.29) is 12.1 Å². The molecular weight excluding hydrogens is 338 g/mol. The van der Waals surface area contributed by atoms with E-state index in [9.17, 15) is 9.90 Å². The lowest BCUT2D eigenvalue weighted by atomic mass is 10.0. The number of nitrogens with zero attached hydrogens (tertiary/aromatic N) is 2. The van der Waals surface area contributed by atoms with E-state index in [2.05, 4.69) is 48.0 Å². The van der Waals surface area contributed by atoms with E-state index in [1.54, 1.807) is 6.07 Å². The number of primary amides is 1. The summed E-state index contributed by atoms with van der Waals surface area (Å²) in [5, 5.41) is 9.90. The average Bonchev–Trinajstić information content (AvgIpc) is 3.10. The van der Waals surface area contributed by atoms with Crippen molar-refractivity contribution in [3.05, 3.63) is 65.2 Å². The van der Waals surface area contributed by atoms with Gasteiger partial charge in [-0.25, -0.2) is 0 Å². The first-order chi connectivity index (χ1) is 13.0. The number of carbonyl (C=O) groups excluding carboxylic acids is 1. The molecule has 0 radical (unpaired) electrons. The molecule has 1 aliphatic rings. The number of aliphatic hydroxyl groups is 1. The minimum Gasteiger partial charge on any atom is -0.392 e. The van der Waals surface area contributed by atoms with Crippen LogP contribution in [0.3, 0.4) is 0 Å². The number of likely N-dealkylation sites (tertiary alicyclic amines) is 1. The molecule has 1 heterocycles. The van der Waals surface area contributed by atoms with Crippen LogP contribution in [0, 0.1) is 0 Å². The second-order valence-corrected chi connectivity index (χ2v) is 7.30. The fraction of sp³-hybridized carbons (Fsp3) is 0.409. The Morgan fingerprint density at radius 2 is 2.04 bits per heavy atom. The average molecular weight is 367 g/mol. The molecule has 0 aromatic heterocycles. The summed E-state index contributed by atoms with van der Waals surface area (Å²) in [6.45, 7) is 4.57. The first-order valence-electron chi connectivity index (χ1n) is 9.60. The number of aryl methyl sites for hydroxylation is 1. The Morgan fingerprint density at radius 1 is 1.30 bits per heavy atom. The van der Waals surface area contributed by atoms with Crippen molar-refractivity contribution in [3.63, 3.8) is 0 Å². The zero-order valence-corrected chi connectivity index (χ0v) is 16.1. The number of β-amino-alcohol motifs (C(OH)–C–C–N with tert-alkyl or cyclic N) is 1. The van der Waals surface area contributed by atoms with Crippen molar-refractivity contribution >= 4 is 11.6 Å². The predicted octanol–water partition coefficient (Wildman–Crippen LogP) is 2.59. The highest BCUT2D eigenvalue weighted by Gasteiger charge is 2.27. The fourth-order valence-corrected chi connectivity index (χ4v) is 3.88. The van der Waals surface area contributed by atoms with Gasteiger partial charge in [-0.2, -0.15) is 0 Å². The molecule has 3 N–H and O–H groups in total. The molecule has 1 saturated heterocycles. The summed E-state index contributed by atoms with van der Waals surface area (Å²) < 4.78 is 0. The van der Waals surface area contributed by atoms with E-state index in [4.69, 9.17) is 5.73 Å². The Kier molecular flexibility index (Phi) is 6.14. The minimum absolute atomic E-state index is 0.154. The highest BCUT2D eigenvalue weighted by molar-refractivity contribution is 5.93. The van der Waals surface area contributed by atoms with Crippen LogP contribution < -0.4 is 10.6 Å². The number of carbonyl (C=O) groups is 1. The normalized spacial score (nSPS) is 18.4. The summed E-state index contributed by atoms with van der Waals surface area (Å²) in [7, 11) is 2.10. The summed E-state index contributed by atoms with van der Waals surface area (Å²) in [4.78, 5) is 16.1. The molecule has 3 rings (SSSR count). The summed E-state index contributed by atoms with van der Waals surface area (Å²) in [5.41, 5.74) is 9.45. The third-order valence-electron chi connectivity index (χ3n) is 5.46. The lowest BCUT2D eigenvalue weighted by molar-refractivity contribution is 0.1000. The van der Waals surface area contributed by atoms with Crippen molar-refractivity contribution in [2.75, 3.05) is 31.6 Å². The van der Waals surface area contributed by atoms with Gasteiger partial charge in [0.25, 0.3) is 0 Å². The van der Waals surface area contributed by atoms with Gasteiger partial charge in [-0.1, -0.05) is 37.3 Å². The molecule has 1 amide bonds. The number of aliphatic hydroxyl groups excluding tert-OH is 1. The molecule has 5 nitrogen and oxygen atoms in total. The van der Waals surface area contributed by atoms with E-state index in [0.29, 0.717) is 5.56 Å². The molecule has 0 aliphatic carbocycles. The van der Waals surface area contributed by atoms with Crippen LogP contribution in [-0.4, -0.2) is 48.7 Å². The van der Waals surface area contributed by atoms with Crippen LogP contribution in [0.2, 0.25) is 0 Å². The molecule has 1 aliphatic heterocycles. The van der Waals surface area contributed by atoms with E-state index in [1.165, 1.54) is 5.56 Å². The second-order valence-electron chi connectivity index (χ2n) is 7.30. The summed E-state index contributed by atoms with van der Waals surface area (Å²) in [5.74, 6) is -0.399. The van der Waals surface area contributed by atoms with Gasteiger partial charge in [-0.3, -0.25) is 9.69 Å². The molecule has 2 atom stereocenters. The zero-order valence-electron chi connectivity index (χ0n) is 16.1. The Labute approximate surface area is 161 Å². The molecule has 2 unspecified atom stereocenters. The van der Waals surface area contributed by atoms with Crippen molar-refractivity contribution in [2.24, 2.45) is 5.73 Å². The SMILES string of the molecule is CCc1cc(C(N)=O)ccc1N(C)C(CN1CCC(O)C1)c1ccccc1. The van der Waals surface area contributed by atoms with E-state index < -0.39 is 5.91 Å². The lowest BCUT2D eigenvalue weighted by Crippen LogP contribution is -2.36. The van der Waals surface area contributed by atoms with Crippen LogP contribution >= 0.6 is 0 Å². The quantitative estimate of drug-likeness (QED) is 0.789. The highest BCUT2D eigenvalue weighted by atomic mass is 16.3. The van der Waals surface area contributed by atoms with Crippen LogP contribution in [-0.2, 0) is 6.42 Å². The van der Waals surface area contributed by atoms with Gasteiger partial charge in [-0.15, -0.1) is 0 Å². The molecule has 27 heavy (non-hydrogen) atoms. The third-order valence-corrected chi connectivity index (χ3v) is 5.46. The van der Waals surface area contributed by atoms with Gasteiger partial charge in [0, 0.05) is 37.9 Å². The van der Waals surface area contributed by atoms with Crippen molar-refractivity contribution < 1.29 is 9.90 Å². The monoisotopic (exact) mass is 367 g/mol. The third kappa shape index (κ3) is 4.49. The van der Waals surface area contributed by atoms with Gasteiger partial charge in [-0.05, 0) is 42.2 Å².